The number of hydrogen-bond donors (Lipinski definition) is 2. The maximum absolute atomic E-state index is 5.61. The molecule has 0 saturated carbocycles. The Kier molecular flexibility index (Phi) is 3.96. The molecule has 0 amide bonds. The van der Waals surface area contributed by atoms with E-state index >= 15 is 0 Å². The van der Waals surface area contributed by atoms with E-state index in [-0.39, 0.29) is 24.0 Å². The molecule has 0 fully saturated rings. The standard InChI is InChI=1S/C12H12N2.HI/c13-11-5-1-9(2-6-11)10-3-7-12(14)8-4-10;/h1-8H,13-14H2;1H. The molecule has 4 N–H and O–H groups in total. The Morgan fingerprint density at radius 3 is 1.07 bits per heavy atom. The van der Waals surface area contributed by atoms with Crippen LogP contribution in [0, 0.1) is 0 Å². The second kappa shape index (κ2) is 5.02. The van der Waals surface area contributed by atoms with E-state index in [1.165, 1.54) is 0 Å². The van der Waals surface area contributed by atoms with Crippen molar-refractivity contribution in [2.24, 2.45) is 0 Å². The number of hydrogen-bond acceptors (Lipinski definition) is 2. The van der Waals surface area contributed by atoms with Crippen LogP contribution in [0.25, 0.3) is 11.1 Å². The van der Waals surface area contributed by atoms with Crippen molar-refractivity contribution < 1.29 is 0 Å². The molecule has 3 heteroatoms. The predicted octanol–water partition coefficient (Wildman–Crippen LogP) is 3.14. The summed E-state index contributed by atoms with van der Waals surface area (Å²) in [5.74, 6) is 0. The number of benzene rings is 2. The predicted molar refractivity (Wildman–Crippen MR) is 76.1 cm³/mol. The Balaban J connectivity index is 0.00000112. The fraction of sp³-hybridized carbons (Fsp3) is 0. The van der Waals surface area contributed by atoms with Crippen LogP contribution >= 0.6 is 24.0 Å². The van der Waals surface area contributed by atoms with E-state index in [1.54, 1.807) is 0 Å². The van der Waals surface area contributed by atoms with E-state index in [1.807, 2.05) is 48.5 Å². The maximum atomic E-state index is 5.61. The molecular weight excluding hydrogens is 299 g/mol. The summed E-state index contributed by atoms with van der Waals surface area (Å²) in [6, 6.07) is 15.6. The molecular formula is C12H13IN2. The van der Waals surface area contributed by atoms with Crippen LogP contribution < -0.4 is 11.5 Å². The van der Waals surface area contributed by atoms with Crippen molar-refractivity contribution >= 4 is 35.4 Å². The van der Waals surface area contributed by atoms with Gasteiger partial charge in [-0.2, -0.15) is 0 Å². The minimum atomic E-state index is 0. The third kappa shape index (κ3) is 2.86. The summed E-state index contributed by atoms with van der Waals surface area (Å²) in [5.41, 5.74) is 15.1. The van der Waals surface area contributed by atoms with Gasteiger partial charge in [-0.1, -0.05) is 24.3 Å². The normalized spacial score (nSPS) is 9.33. The molecule has 2 rings (SSSR count). The van der Waals surface area contributed by atoms with Crippen molar-refractivity contribution in [3.63, 3.8) is 0 Å². The molecule has 0 aliphatic carbocycles. The van der Waals surface area contributed by atoms with Gasteiger partial charge in [0.05, 0.1) is 0 Å². The Labute approximate surface area is 106 Å². The van der Waals surface area contributed by atoms with E-state index in [2.05, 4.69) is 0 Å². The molecule has 0 radical (unpaired) electrons. The van der Waals surface area contributed by atoms with Crippen molar-refractivity contribution in [1.82, 2.24) is 0 Å². The zero-order valence-electron chi connectivity index (χ0n) is 8.18. The molecule has 0 saturated heterocycles. The Bertz CT molecular complexity index is 377. The van der Waals surface area contributed by atoms with Crippen LogP contribution in [-0.2, 0) is 0 Å². The number of rotatable bonds is 1. The first-order valence-electron chi connectivity index (χ1n) is 4.47. The summed E-state index contributed by atoms with van der Waals surface area (Å²) in [4.78, 5) is 0. The molecule has 2 aromatic carbocycles. The number of anilines is 2. The quantitative estimate of drug-likeness (QED) is 0.628. The molecule has 15 heavy (non-hydrogen) atoms. The molecule has 0 aromatic heterocycles. The number of nitrogen functional groups attached to an aromatic ring is 2. The zero-order valence-corrected chi connectivity index (χ0v) is 10.5. The fourth-order valence-electron chi connectivity index (χ4n) is 1.35. The zero-order chi connectivity index (χ0) is 9.97. The lowest BCUT2D eigenvalue weighted by Crippen LogP contribution is -1.85. The molecule has 0 bridgehead atoms. The molecule has 0 aliphatic heterocycles. The monoisotopic (exact) mass is 312 g/mol. The van der Waals surface area contributed by atoms with Gasteiger partial charge in [-0.3, -0.25) is 0 Å². The van der Waals surface area contributed by atoms with E-state index in [9.17, 15) is 0 Å². The van der Waals surface area contributed by atoms with Crippen molar-refractivity contribution in [2.75, 3.05) is 11.5 Å². The highest BCUT2D eigenvalue weighted by Crippen LogP contribution is 2.21. The highest BCUT2D eigenvalue weighted by atomic mass is 127. The second-order valence-corrected chi connectivity index (χ2v) is 3.24. The van der Waals surface area contributed by atoms with Gasteiger partial charge in [0.1, 0.15) is 0 Å². The van der Waals surface area contributed by atoms with E-state index < -0.39 is 0 Å². The topological polar surface area (TPSA) is 52.0 Å². The van der Waals surface area contributed by atoms with E-state index in [0.717, 1.165) is 22.5 Å². The van der Waals surface area contributed by atoms with Gasteiger partial charge >= 0.3 is 0 Å². The van der Waals surface area contributed by atoms with Gasteiger partial charge in [-0.25, -0.2) is 0 Å². The maximum Gasteiger partial charge on any atom is 0.0314 e. The average molecular weight is 312 g/mol. The van der Waals surface area contributed by atoms with Gasteiger partial charge in [0.2, 0.25) is 0 Å². The van der Waals surface area contributed by atoms with Gasteiger partial charge in [0.25, 0.3) is 0 Å². The third-order valence-electron chi connectivity index (χ3n) is 2.15. The van der Waals surface area contributed by atoms with Crippen molar-refractivity contribution in [2.45, 2.75) is 0 Å². The fourth-order valence-corrected chi connectivity index (χ4v) is 1.35. The van der Waals surface area contributed by atoms with Crippen LogP contribution in [0.2, 0.25) is 0 Å². The lowest BCUT2D eigenvalue weighted by Gasteiger charge is -2.02. The molecule has 0 heterocycles. The van der Waals surface area contributed by atoms with Crippen LogP contribution in [0.15, 0.2) is 48.5 Å². The summed E-state index contributed by atoms with van der Waals surface area (Å²) >= 11 is 0. The molecule has 2 aromatic rings. The van der Waals surface area contributed by atoms with Gasteiger partial charge in [-0.05, 0) is 35.4 Å². The summed E-state index contributed by atoms with van der Waals surface area (Å²) in [6.45, 7) is 0. The minimum absolute atomic E-state index is 0. The van der Waals surface area contributed by atoms with Gasteiger partial charge in [0, 0.05) is 11.4 Å². The van der Waals surface area contributed by atoms with Gasteiger partial charge in [0.15, 0.2) is 0 Å². The first kappa shape index (κ1) is 11.8. The molecule has 0 atom stereocenters. The highest BCUT2D eigenvalue weighted by Gasteiger charge is 1.95. The SMILES string of the molecule is I.Nc1ccc(-c2ccc(N)cc2)cc1. The summed E-state index contributed by atoms with van der Waals surface area (Å²) in [5, 5.41) is 0. The van der Waals surface area contributed by atoms with Crippen molar-refractivity contribution in [3.8, 4) is 11.1 Å². The third-order valence-corrected chi connectivity index (χ3v) is 2.15. The van der Waals surface area contributed by atoms with Crippen LogP contribution in [-0.4, -0.2) is 0 Å². The molecule has 2 nitrogen and oxygen atoms in total. The number of halogens is 1. The van der Waals surface area contributed by atoms with E-state index in [0.29, 0.717) is 0 Å². The van der Waals surface area contributed by atoms with Crippen LogP contribution in [0.4, 0.5) is 11.4 Å². The number of nitrogens with two attached hydrogens (primary N) is 2. The minimum Gasteiger partial charge on any atom is -0.399 e. The second-order valence-electron chi connectivity index (χ2n) is 3.24. The lowest BCUT2D eigenvalue weighted by molar-refractivity contribution is 1.61. The van der Waals surface area contributed by atoms with Crippen LogP contribution in [0.3, 0.4) is 0 Å². The lowest BCUT2D eigenvalue weighted by atomic mass is 10.1. The highest BCUT2D eigenvalue weighted by molar-refractivity contribution is 14.0. The first-order valence-corrected chi connectivity index (χ1v) is 4.47. The average Bonchev–Trinajstić information content (AvgIpc) is 2.21. The van der Waals surface area contributed by atoms with Gasteiger partial charge < -0.3 is 11.5 Å². The Morgan fingerprint density at radius 2 is 0.800 bits per heavy atom. The van der Waals surface area contributed by atoms with E-state index in [4.69, 9.17) is 11.5 Å². The Morgan fingerprint density at radius 1 is 0.533 bits per heavy atom. The molecule has 0 aliphatic rings. The smallest absolute Gasteiger partial charge is 0.0314 e. The van der Waals surface area contributed by atoms with Gasteiger partial charge in [-0.15, -0.1) is 24.0 Å². The molecule has 0 spiro atoms. The van der Waals surface area contributed by atoms with Crippen LogP contribution in [0.1, 0.15) is 0 Å². The van der Waals surface area contributed by atoms with Crippen LogP contribution in [0.5, 0.6) is 0 Å². The van der Waals surface area contributed by atoms with Crippen molar-refractivity contribution in [1.29, 1.82) is 0 Å². The summed E-state index contributed by atoms with van der Waals surface area (Å²) in [6.07, 6.45) is 0. The largest absolute Gasteiger partial charge is 0.399 e. The Hall–Kier alpha value is -1.23. The van der Waals surface area contributed by atoms with Crippen molar-refractivity contribution in [3.05, 3.63) is 48.5 Å². The summed E-state index contributed by atoms with van der Waals surface area (Å²) < 4.78 is 0. The summed E-state index contributed by atoms with van der Waals surface area (Å²) in [7, 11) is 0. The molecule has 0 unspecified atom stereocenters. The first-order chi connectivity index (χ1) is 6.75. The molecule has 78 valence electrons.